The molecule has 18 heavy (non-hydrogen) atoms. The minimum Gasteiger partial charge on any atom is -0.486 e. The molecule has 1 aromatic rings. The van der Waals surface area contributed by atoms with Crippen LogP contribution in [0.1, 0.15) is 5.56 Å². The van der Waals surface area contributed by atoms with Gasteiger partial charge in [0.25, 0.3) is 0 Å². The smallest absolute Gasteiger partial charge is 0.456 e. The van der Waals surface area contributed by atoms with E-state index >= 15 is 0 Å². The first kappa shape index (κ1) is 15.0. The van der Waals surface area contributed by atoms with E-state index in [1.54, 1.807) is 6.92 Å². The molecule has 0 aliphatic rings. The second-order valence-electron chi connectivity index (χ2n) is 3.63. The van der Waals surface area contributed by atoms with E-state index in [-0.39, 0.29) is 10.2 Å². The van der Waals surface area contributed by atoms with E-state index in [2.05, 4.69) is 20.7 Å². The third-order valence-corrected chi connectivity index (χ3v) is 2.76. The summed E-state index contributed by atoms with van der Waals surface area (Å²) in [6, 6.07) is 2.66. The standard InChI is InChI=1S/C10H9BrF5NO/c1-5-2-8(6(11)3-7(5)17)18-4-9(12,13)10(14,15)16/h2-3H,4,17H2,1H3. The van der Waals surface area contributed by atoms with Crippen LogP contribution in [0.3, 0.4) is 0 Å². The normalized spacial score (nSPS) is 12.6. The van der Waals surface area contributed by atoms with Gasteiger partial charge in [-0.2, -0.15) is 22.0 Å². The molecule has 1 rings (SSSR count). The number of nitrogens with two attached hydrogens (primary N) is 1. The first-order chi connectivity index (χ1) is 8.04. The molecule has 2 nitrogen and oxygen atoms in total. The molecule has 0 aliphatic carbocycles. The predicted molar refractivity (Wildman–Crippen MR) is 59.8 cm³/mol. The van der Waals surface area contributed by atoms with Crippen molar-refractivity contribution < 1.29 is 26.7 Å². The minimum atomic E-state index is -5.64. The highest BCUT2D eigenvalue weighted by Gasteiger charge is 2.58. The third-order valence-electron chi connectivity index (χ3n) is 2.14. The zero-order chi connectivity index (χ0) is 14.1. The number of ether oxygens (including phenoxy) is 1. The number of benzene rings is 1. The number of halogens is 6. The highest BCUT2D eigenvalue weighted by molar-refractivity contribution is 9.10. The van der Waals surface area contributed by atoms with Gasteiger partial charge >= 0.3 is 12.1 Å². The molecule has 0 fully saturated rings. The fourth-order valence-electron chi connectivity index (χ4n) is 1.03. The predicted octanol–water partition coefficient (Wildman–Crippen LogP) is 3.92. The summed E-state index contributed by atoms with van der Waals surface area (Å²) < 4.78 is 65.7. The third kappa shape index (κ3) is 3.24. The summed E-state index contributed by atoms with van der Waals surface area (Å²) in [5.74, 6) is -5.02. The van der Waals surface area contributed by atoms with E-state index in [0.717, 1.165) is 0 Å². The Morgan fingerprint density at radius 1 is 1.22 bits per heavy atom. The van der Waals surface area contributed by atoms with Gasteiger partial charge in [0.05, 0.1) is 4.47 Å². The Kier molecular flexibility index (Phi) is 4.09. The largest absolute Gasteiger partial charge is 0.486 e. The second-order valence-corrected chi connectivity index (χ2v) is 4.48. The molecule has 0 unspecified atom stereocenters. The summed E-state index contributed by atoms with van der Waals surface area (Å²) in [7, 11) is 0. The van der Waals surface area contributed by atoms with Gasteiger partial charge in [0.15, 0.2) is 6.61 Å². The van der Waals surface area contributed by atoms with Crippen molar-refractivity contribution in [2.24, 2.45) is 0 Å². The minimum absolute atomic E-state index is 0.120. The lowest BCUT2D eigenvalue weighted by Gasteiger charge is -2.20. The van der Waals surface area contributed by atoms with Crippen molar-refractivity contribution in [3.05, 3.63) is 22.2 Å². The molecule has 0 amide bonds. The number of hydrogen-bond acceptors (Lipinski definition) is 2. The number of hydrogen-bond donors (Lipinski definition) is 1. The van der Waals surface area contributed by atoms with Gasteiger partial charge in [0.1, 0.15) is 5.75 Å². The summed E-state index contributed by atoms with van der Waals surface area (Å²) in [5.41, 5.74) is 6.42. The van der Waals surface area contributed by atoms with Gasteiger partial charge in [0, 0.05) is 5.69 Å². The van der Waals surface area contributed by atoms with Gasteiger partial charge in [-0.3, -0.25) is 0 Å². The number of alkyl halides is 5. The SMILES string of the molecule is Cc1cc(OCC(F)(F)C(F)(F)F)c(Br)cc1N. The van der Waals surface area contributed by atoms with Crippen molar-refractivity contribution in [2.45, 2.75) is 19.0 Å². The Morgan fingerprint density at radius 3 is 2.28 bits per heavy atom. The Hall–Kier alpha value is -1.05. The van der Waals surface area contributed by atoms with E-state index in [9.17, 15) is 22.0 Å². The molecule has 0 radical (unpaired) electrons. The van der Waals surface area contributed by atoms with Gasteiger partial charge < -0.3 is 10.5 Å². The van der Waals surface area contributed by atoms with E-state index in [4.69, 9.17) is 5.73 Å². The lowest BCUT2D eigenvalue weighted by molar-refractivity contribution is -0.290. The van der Waals surface area contributed by atoms with Crippen LogP contribution in [0.2, 0.25) is 0 Å². The van der Waals surface area contributed by atoms with Crippen LogP contribution in [0.5, 0.6) is 5.75 Å². The fraction of sp³-hybridized carbons (Fsp3) is 0.400. The maximum atomic E-state index is 12.6. The molecular formula is C10H9BrF5NO. The molecule has 0 aliphatic heterocycles. The lowest BCUT2D eigenvalue weighted by atomic mass is 10.2. The van der Waals surface area contributed by atoms with Crippen LogP contribution in [-0.2, 0) is 0 Å². The van der Waals surface area contributed by atoms with Crippen LogP contribution in [0.25, 0.3) is 0 Å². The molecular weight excluding hydrogens is 325 g/mol. The quantitative estimate of drug-likeness (QED) is 0.672. The average molecular weight is 334 g/mol. The molecule has 0 bridgehead atoms. The van der Waals surface area contributed by atoms with Crippen molar-refractivity contribution in [1.82, 2.24) is 0 Å². The van der Waals surface area contributed by atoms with E-state index in [1.165, 1.54) is 12.1 Å². The summed E-state index contributed by atoms with van der Waals surface area (Å²) in [4.78, 5) is 0. The highest BCUT2D eigenvalue weighted by atomic mass is 79.9. The molecule has 2 N–H and O–H groups in total. The Morgan fingerprint density at radius 2 is 1.78 bits per heavy atom. The molecule has 0 atom stereocenters. The molecule has 0 heterocycles. The van der Waals surface area contributed by atoms with Gasteiger partial charge in [-0.15, -0.1) is 0 Å². The van der Waals surface area contributed by atoms with Gasteiger partial charge in [0.2, 0.25) is 0 Å². The van der Waals surface area contributed by atoms with Crippen LogP contribution in [-0.4, -0.2) is 18.7 Å². The Bertz CT molecular complexity index is 447. The zero-order valence-electron chi connectivity index (χ0n) is 9.12. The van der Waals surface area contributed by atoms with Crippen molar-refractivity contribution in [1.29, 1.82) is 0 Å². The molecule has 0 spiro atoms. The lowest BCUT2D eigenvalue weighted by Crippen LogP contribution is -2.41. The van der Waals surface area contributed by atoms with E-state index < -0.39 is 18.7 Å². The highest BCUT2D eigenvalue weighted by Crippen LogP contribution is 2.37. The van der Waals surface area contributed by atoms with E-state index in [1.807, 2.05) is 0 Å². The number of anilines is 1. The average Bonchev–Trinajstić information content (AvgIpc) is 2.20. The van der Waals surface area contributed by atoms with Gasteiger partial charge in [-0.05, 0) is 40.5 Å². The van der Waals surface area contributed by atoms with Crippen molar-refractivity contribution in [3.63, 3.8) is 0 Å². The monoisotopic (exact) mass is 333 g/mol. The summed E-state index contributed by atoms with van der Waals surface area (Å²) in [6.45, 7) is -0.199. The molecule has 102 valence electrons. The number of rotatable bonds is 3. The molecule has 0 saturated carbocycles. The van der Waals surface area contributed by atoms with Crippen molar-refractivity contribution >= 4 is 21.6 Å². The summed E-state index contributed by atoms with van der Waals surface area (Å²) in [5, 5.41) is 0. The maximum Gasteiger partial charge on any atom is 0.456 e. The molecule has 0 aromatic heterocycles. The van der Waals surface area contributed by atoms with Crippen LogP contribution < -0.4 is 10.5 Å². The van der Waals surface area contributed by atoms with Crippen molar-refractivity contribution in [3.8, 4) is 5.75 Å². The molecule has 0 saturated heterocycles. The topological polar surface area (TPSA) is 35.2 Å². The first-order valence-electron chi connectivity index (χ1n) is 4.67. The van der Waals surface area contributed by atoms with Crippen LogP contribution in [0.15, 0.2) is 16.6 Å². The maximum absolute atomic E-state index is 12.6. The summed E-state index contributed by atoms with van der Waals surface area (Å²) in [6.07, 6.45) is -5.64. The first-order valence-corrected chi connectivity index (χ1v) is 5.47. The molecule has 1 aromatic carbocycles. The van der Waals surface area contributed by atoms with Crippen LogP contribution in [0, 0.1) is 6.92 Å². The fourth-order valence-corrected chi connectivity index (χ4v) is 1.51. The van der Waals surface area contributed by atoms with Crippen molar-refractivity contribution in [2.75, 3.05) is 12.3 Å². The van der Waals surface area contributed by atoms with Crippen LogP contribution >= 0.6 is 15.9 Å². The van der Waals surface area contributed by atoms with Crippen LogP contribution in [0.4, 0.5) is 27.6 Å². The number of aryl methyl sites for hydroxylation is 1. The van der Waals surface area contributed by atoms with Gasteiger partial charge in [-0.1, -0.05) is 0 Å². The van der Waals surface area contributed by atoms with E-state index in [0.29, 0.717) is 11.3 Å². The Balaban J connectivity index is 2.85. The zero-order valence-corrected chi connectivity index (χ0v) is 10.7. The summed E-state index contributed by atoms with van der Waals surface area (Å²) >= 11 is 2.97. The van der Waals surface area contributed by atoms with Gasteiger partial charge in [-0.25, -0.2) is 0 Å². The second kappa shape index (κ2) is 4.91. The number of nitrogen functional groups attached to an aromatic ring is 1. The molecule has 8 heteroatoms. The Labute approximate surface area is 108 Å².